The second kappa shape index (κ2) is 4.97. The van der Waals surface area contributed by atoms with Crippen molar-refractivity contribution < 1.29 is 14.3 Å². The van der Waals surface area contributed by atoms with Crippen LogP contribution in [-0.4, -0.2) is 17.0 Å². The van der Waals surface area contributed by atoms with E-state index in [0.29, 0.717) is 0 Å². The molecule has 0 aromatic heterocycles. The Balaban J connectivity index is 2.89. The summed E-state index contributed by atoms with van der Waals surface area (Å²) in [6.45, 7) is -0.368. The fraction of sp³-hybridized carbons (Fsp3) is 0.222. The van der Waals surface area contributed by atoms with Gasteiger partial charge in [-0.1, -0.05) is 30.8 Å². The van der Waals surface area contributed by atoms with Crippen molar-refractivity contribution >= 4 is 17.9 Å². The van der Waals surface area contributed by atoms with E-state index in [1.54, 1.807) is 6.07 Å². The minimum Gasteiger partial charge on any atom is -0.394 e. The van der Waals surface area contributed by atoms with Gasteiger partial charge in [0, 0.05) is 5.56 Å². The predicted molar refractivity (Wildman–Crippen MR) is 53.7 cm³/mol. The highest BCUT2D eigenvalue weighted by Crippen LogP contribution is 2.16. The van der Waals surface area contributed by atoms with Crippen LogP contribution in [-0.2, 0) is 0 Å². The Morgan fingerprint density at radius 1 is 1.57 bits per heavy atom. The summed E-state index contributed by atoms with van der Waals surface area (Å²) in [5.41, 5.74) is 0.248. The van der Waals surface area contributed by atoms with E-state index in [1.807, 2.05) is 0 Å². The fourth-order valence-corrected chi connectivity index (χ4v) is 1.28. The molecule has 0 bridgehead atoms. The summed E-state index contributed by atoms with van der Waals surface area (Å²) in [7, 11) is 0. The Hall–Kier alpha value is -1.07. The highest BCUT2D eigenvalue weighted by Gasteiger charge is 2.14. The van der Waals surface area contributed by atoms with Crippen molar-refractivity contribution in [2.45, 2.75) is 6.04 Å². The van der Waals surface area contributed by atoms with E-state index in [4.69, 9.17) is 5.11 Å². The lowest BCUT2D eigenvalue weighted by atomic mass is 10.1. The molecule has 0 aliphatic heterocycles. The summed E-state index contributed by atoms with van der Waals surface area (Å²) in [4.78, 5) is 10.6. The number of halogens is 1. The van der Waals surface area contributed by atoms with E-state index in [0.717, 1.165) is 0 Å². The van der Waals surface area contributed by atoms with Crippen molar-refractivity contribution in [2.24, 2.45) is 0 Å². The largest absolute Gasteiger partial charge is 0.394 e. The van der Waals surface area contributed by atoms with Crippen LogP contribution in [0.25, 0.3) is 0 Å². The number of thiol groups is 1. The number of carbonyl (C=O) groups is 1. The number of hydrogen-bond acceptors (Lipinski definition) is 2. The third kappa shape index (κ3) is 2.71. The van der Waals surface area contributed by atoms with Gasteiger partial charge < -0.3 is 10.4 Å². The Morgan fingerprint density at radius 2 is 2.21 bits per heavy atom. The first-order valence-electron chi connectivity index (χ1n) is 4.00. The molecule has 0 spiro atoms. The lowest BCUT2D eigenvalue weighted by Crippen LogP contribution is -2.27. The van der Waals surface area contributed by atoms with Crippen molar-refractivity contribution in [1.82, 2.24) is 5.32 Å². The van der Waals surface area contributed by atoms with Crippen molar-refractivity contribution in [3.05, 3.63) is 35.6 Å². The second-order valence-electron chi connectivity index (χ2n) is 2.71. The minimum atomic E-state index is -0.749. The summed E-state index contributed by atoms with van der Waals surface area (Å²) in [5, 5.41) is 10.7. The molecule has 1 rings (SSSR count). The SMILES string of the molecule is O=C(S)NC(CO)c1ccccc1F. The maximum Gasteiger partial charge on any atom is 0.276 e. The van der Waals surface area contributed by atoms with Gasteiger partial charge in [0.15, 0.2) is 0 Å². The fourth-order valence-electron chi connectivity index (χ4n) is 1.13. The molecule has 5 heteroatoms. The molecule has 0 saturated carbocycles. The molecule has 1 aromatic carbocycles. The maximum atomic E-state index is 13.2. The number of aliphatic hydroxyl groups excluding tert-OH is 1. The van der Waals surface area contributed by atoms with Crippen molar-refractivity contribution in [3.8, 4) is 0 Å². The van der Waals surface area contributed by atoms with Gasteiger partial charge in [0.05, 0.1) is 12.6 Å². The molecule has 1 unspecified atom stereocenters. The molecule has 3 nitrogen and oxygen atoms in total. The molecule has 2 N–H and O–H groups in total. The molecule has 0 saturated heterocycles. The van der Waals surface area contributed by atoms with Crippen LogP contribution in [0.4, 0.5) is 9.18 Å². The molecule has 14 heavy (non-hydrogen) atoms. The minimum absolute atomic E-state index is 0.248. The molecule has 0 aliphatic rings. The molecule has 1 atom stereocenters. The number of rotatable bonds is 3. The quantitative estimate of drug-likeness (QED) is 0.669. The van der Waals surface area contributed by atoms with E-state index >= 15 is 0 Å². The summed E-state index contributed by atoms with van der Waals surface area (Å²) in [6.07, 6.45) is 0. The molecule has 0 radical (unpaired) electrons. The maximum absolute atomic E-state index is 13.2. The number of amides is 1. The Labute approximate surface area is 86.4 Å². The zero-order valence-corrected chi connectivity index (χ0v) is 8.17. The molecule has 0 heterocycles. The Bertz CT molecular complexity index is 332. The normalized spacial score (nSPS) is 12.2. The van der Waals surface area contributed by atoms with E-state index in [2.05, 4.69) is 17.9 Å². The number of nitrogens with one attached hydrogen (secondary N) is 1. The monoisotopic (exact) mass is 215 g/mol. The molecule has 1 aromatic rings. The molecule has 0 fully saturated rings. The van der Waals surface area contributed by atoms with Gasteiger partial charge in [-0.3, -0.25) is 4.79 Å². The molecule has 0 aliphatic carbocycles. The van der Waals surface area contributed by atoms with Crippen LogP contribution >= 0.6 is 12.6 Å². The van der Waals surface area contributed by atoms with Gasteiger partial charge in [0.25, 0.3) is 5.24 Å². The smallest absolute Gasteiger partial charge is 0.276 e. The van der Waals surface area contributed by atoms with Crippen LogP contribution in [0.2, 0.25) is 0 Å². The first kappa shape index (κ1) is 11.0. The number of benzene rings is 1. The Morgan fingerprint density at radius 3 is 2.71 bits per heavy atom. The second-order valence-corrected chi connectivity index (χ2v) is 3.11. The molecular formula is C9H10FNO2S. The molecule has 76 valence electrons. The molecule has 1 amide bonds. The van der Waals surface area contributed by atoms with Crippen LogP contribution in [0.15, 0.2) is 24.3 Å². The average Bonchev–Trinajstić information content (AvgIpc) is 2.15. The highest BCUT2D eigenvalue weighted by molar-refractivity contribution is 7.96. The van der Waals surface area contributed by atoms with E-state index < -0.39 is 17.1 Å². The summed E-state index contributed by atoms with van der Waals surface area (Å²) >= 11 is 3.49. The van der Waals surface area contributed by atoms with Crippen molar-refractivity contribution in [1.29, 1.82) is 0 Å². The zero-order valence-electron chi connectivity index (χ0n) is 7.27. The van der Waals surface area contributed by atoms with Gasteiger partial charge in [-0.05, 0) is 6.07 Å². The van der Waals surface area contributed by atoms with Crippen LogP contribution < -0.4 is 5.32 Å². The van der Waals surface area contributed by atoms with Crippen molar-refractivity contribution in [2.75, 3.05) is 6.61 Å². The Kier molecular flexibility index (Phi) is 3.91. The average molecular weight is 215 g/mol. The van der Waals surface area contributed by atoms with Crippen LogP contribution in [0, 0.1) is 5.82 Å². The van der Waals surface area contributed by atoms with Gasteiger partial charge in [0.1, 0.15) is 5.82 Å². The standard InChI is InChI=1S/C9H10FNO2S/c10-7-4-2-1-3-6(7)8(5-12)11-9(13)14/h1-4,8,12H,5H2,(H2,11,13,14). The summed E-state index contributed by atoms with van der Waals surface area (Å²) in [5.74, 6) is -0.464. The van der Waals surface area contributed by atoms with Crippen molar-refractivity contribution in [3.63, 3.8) is 0 Å². The lowest BCUT2D eigenvalue weighted by Gasteiger charge is -2.15. The first-order valence-corrected chi connectivity index (χ1v) is 4.44. The number of aliphatic hydroxyl groups is 1. The molecular weight excluding hydrogens is 205 g/mol. The topological polar surface area (TPSA) is 49.3 Å². The zero-order chi connectivity index (χ0) is 10.6. The van der Waals surface area contributed by atoms with Crippen LogP contribution in [0.5, 0.6) is 0 Å². The van der Waals surface area contributed by atoms with Gasteiger partial charge in [0.2, 0.25) is 0 Å². The van der Waals surface area contributed by atoms with Gasteiger partial charge in [-0.15, -0.1) is 0 Å². The van der Waals surface area contributed by atoms with E-state index in [-0.39, 0.29) is 12.2 Å². The van der Waals surface area contributed by atoms with E-state index in [9.17, 15) is 9.18 Å². The van der Waals surface area contributed by atoms with Gasteiger partial charge in [-0.2, -0.15) is 0 Å². The number of hydrogen-bond donors (Lipinski definition) is 3. The number of carbonyl (C=O) groups excluding carboxylic acids is 1. The van der Waals surface area contributed by atoms with Crippen LogP contribution in [0.3, 0.4) is 0 Å². The van der Waals surface area contributed by atoms with Crippen LogP contribution in [0.1, 0.15) is 11.6 Å². The summed E-state index contributed by atoms with van der Waals surface area (Å²) in [6, 6.07) is 5.19. The third-order valence-corrected chi connectivity index (χ3v) is 1.89. The van der Waals surface area contributed by atoms with E-state index in [1.165, 1.54) is 18.2 Å². The highest BCUT2D eigenvalue weighted by atomic mass is 32.1. The predicted octanol–water partition coefficient (Wildman–Crippen LogP) is 1.50. The van der Waals surface area contributed by atoms with Gasteiger partial charge in [-0.25, -0.2) is 4.39 Å². The summed E-state index contributed by atoms with van der Waals surface area (Å²) < 4.78 is 13.2. The first-order chi connectivity index (χ1) is 6.65. The lowest BCUT2D eigenvalue weighted by molar-refractivity contribution is 0.230. The third-order valence-electron chi connectivity index (χ3n) is 1.76. The van der Waals surface area contributed by atoms with Gasteiger partial charge >= 0.3 is 0 Å².